The van der Waals surface area contributed by atoms with E-state index < -0.39 is 12.1 Å². The highest BCUT2D eigenvalue weighted by Gasteiger charge is 2.18. The highest BCUT2D eigenvalue weighted by molar-refractivity contribution is 5.77. The van der Waals surface area contributed by atoms with Crippen LogP contribution in [0.25, 0.3) is 11.2 Å². The molecule has 17 heavy (non-hydrogen) atoms. The largest absolute Gasteiger partial charge is 0.463 e. The van der Waals surface area contributed by atoms with Crippen LogP contribution in [0.4, 0.5) is 0 Å². The van der Waals surface area contributed by atoms with Crippen molar-refractivity contribution in [1.29, 1.82) is 0 Å². The Morgan fingerprint density at radius 1 is 1.47 bits per heavy atom. The molecule has 0 aliphatic heterocycles. The van der Waals surface area contributed by atoms with E-state index >= 15 is 0 Å². The lowest BCUT2D eigenvalue weighted by Crippen LogP contribution is -2.26. The molecule has 0 radical (unpaired) electrons. The molecule has 1 unspecified atom stereocenters. The van der Waals surface area contributed by atoms with E-state index in [9.17, 15) is 4.79 Å². The summed E-state index contributed by atoms with van der Waals surface area (Å²) in [6.45, 7) is 3.65. The zero-order valence-electron chi connectivity index (χ0n) is 9.51. The lowest BCUT2D eigenvalue weighted by atomic mass is 10.4. The number of rotatable bonds is 4. The smallest absolute Gasteiger partial charge is 0.347 e. The Morgan fingerprint density at radius 3 is 3.06 bits per heavy atom. The van der Waals surface area contributed by atoms with Crippen LogP contribution < -0.4 is 4.74 Å². The zero-order valence-corrected chi connectivity index (χ0v) is 9.51. The van der Waals surface area contributed by atoms with Crippen molar-refractivity contribution in [2.75, 3.05) is 6.61 Å². The quantitative estimate of drug-likeness (QED) is 0.785. The number of hydrogen-bond acceptors (Lipinski definition) is 6. The van der Waals surface area contributed by atoms with Gasteiger partial charge in [-0.3, -0.25) is 0 Å². The van der Waals surface area contributed by atoms with Crippen molar-refractivity contribution < 1.29 is 14.3 Å². The summed E-state index contributed by atoms with van der Waals surface area (Å²) in [4.78, 5) is 26.1. The van der Waals surface area contributed by atoms with Crippen LogP contribution in [0.1, 0.15) is 13.8 Å². The minimum absolute atomic E-state index is 0.285. The number of carbonyl (C=O) groups is 1. The first-order chi connectivity index (χ1) is 8.22. The van der Waals surface area contributed by atoms with Gasteiger partial charge >= 0.3 is 5.97 Å². The van der Waals surface area contributed by atoms with Crippen LogP contribution >= 0.6 is 0 Å². The van der Waals surface area contributed by atoms with Crippen LogP contribution in [-0.2, 0) is 9.53 Å². The van der Waals surface area contributed by atoms with Crippen molar-refractivity contribution >= 4 is 17.1 Å². The van der Waals surface area contributed by atoms with Gasteiger partial charge in [0.05, 0.1) is 12.9 Å². The summed E-state index contributed by atoms with van der Waals surface area (Å²) >= 11 is 0. The third-order valence-corrected chi connectivity index (χ3v) is 2.10. The number of imidazole rings is 1. The Balaban J connectivity index is 2.18. The van der Waals surface area contributed by atoms with E-state index in [0.29, 0.717) is 17.8 Å². The third-order valence-electron chi connectivity index (χ3n) is 2.10. The van der Waals surface area contributed by atoms with E-state index in [2.05, 4.69) is 19.9 Å². The van der Waals surface area contributed by atoms with Gasteiger partial charge in [0.1, 0.15) is 11.8 Å². The molecule has 0 aromatic carbocycles. The second kappa shape index (κ2) is 4.77. The third kappa shape index (κ3) is 2.32. The topological polar surface area (TPSA) is 90.0 Å². The number of esters is 1. The summed E-state index contributed by atoms with van der Waals surface area (Å²) in [5.74, 6) is -0.146. The number of nitrogens with one attached hydrogen (secondary N) is 1. The number of ether oxygens (including phenoxy) is 2. The highest BCUT2D eigenvalue weighted by Crippen LogP contribution is 2.18. The molecule has 2 aromatic heterocycles. The molecule has 0 saturated carbocycles. The molecular weight excluding hydrogens is 224 g/mol. The standard InChI is InChI=1S/C10H12N4O3/c1-3-16-10(15)6(2)17-9-7-8(12-4-11-7)13-5-14-9/h4-6H,3H2,1-2H3,(H,11,12,13,14). The van der Waals surface area contributed by atoms with E-state index in [4.69, 9.17) is 9.47 Å². The number of hydrogen-bond donors (Lipinski definition) is 1. The Morgan fingerprint density at radius 2 is 2.29 bits per heavy atom. The number of aromatic amines is 1. The Labute approximate surface area is 97.2 Å². The maximum atomic E-state index is 11.4. The molecule has 0 amide bonds. The fraction of sp³-hybridized carbons (Fsp3) is 0.400. The molecule has 7 heteroatoms. The first kappa shape index (κ1) is 11.3. The summed E-state index contributed by atoms with van der Waals surface area (Å²) in [7, 11) is 0. The average molecular weight is 236 g/mol. The molecule has 90 valence electrons. The summed E-state index contributed by atoms with van der Waals surface area (Å²) in [5, 5.41) is 0. The lowest BCUT2D eigenvalue weighted by molar-refractivity contribution is -0.150. The molecule has 2 aromatic rings. The fourth-order valence-corrected chi connectivity index (χ4v) is 1.31. The van der Waals surface area contributed by atoms with Gasteiger partial charge < -0.3 is 14.5 Å². The normalized spacial score (nSPS) is 12.4. The van der Waals surface area contributed by atoms with Gasteiger partial charge in [-0.1, -0.05) is 0 Å². The SMILES string of the molecule is CCOC(=O)C(C)Oc1ncnc2nc[nH]c12. The predicted molar refractivity (Wildman–Crippen MR) is 58.4 cm³/mol. The van der Waals surface area contributed by atoms with E-state index in [1.807, 2.05) is 0 Å². The minimum atomic E-state index is -0.726. The summed E-state index contributed by atoms with van der Waals surface area (Å²) < 4.78 is 10.2. The van der Waals surface area contributed by atoms with E-state index in [0.717, 1.165) is 0 Å². The predicted octanol–water partition coefficient (Wildman–Crippen LogP) is 0.683. The molecular formula is C10H12N4O3. The van der Waals surface area contributed by atoms with Crippen LogP contribution in [0.15, 0.2) is 12.7 Å². The van der Waals surface area contributed by atoms with Gasteiger partial charge in [-0.15, -0.1) is 0 Å². The molecule has 0 aliphatic carbocycles. The summed E-state index contributed by atoms with van der Waals surface area (Å²) in [5.41, 5.74) is 1.05. The Bertz CT molecular complexity index is 525. The van der Waals surface area contributed by atoms with Crippen molar-refractivity contribution in [1.82, 2.24) is 19.9 Å². The molecule has 0 spiro atoms. The second-order valence-corrected chi connectivity index (χ2v) is 3.29. The second-order valence-electron chi connectivity index (χ2n) is 3.29. The van der Waals surface area contributed by atoms with Crippen LogP contribution in [0, 0.1) is 0 Å². The average Bonchev–Trinajstić information content (AvgIpc) is 2.78. The number of carbonyl (C=O) groups excluding carboxylic acids is 1. The van der Waals surface area contributed by atoms with Crippen LogP contribution in [0.5, 0.6) is 5.88 Å². The molecule has 1 atom stereocenters. The molecule has 0 saturated heterocycles. The summed E-state index contributed by atoms with van der Waals surface area (Å²) in [6.07, 6.45) is 2.09. The molecule has 0 bridgehead atoms. The van der Waals surface area contributed by atoms with Crippen LogP contribution in [0.2, 0.25) is 0 Å². The highest BCUT2D eigenvalue weighted by atomic mass is 16.6. The first-order valence-corrected chi connectivity index (χ1v) is 5.19. The monoisotopic (exact) mass is 236 g/mol. The molecule has 0 aliphatic rings. The maximum Gasteiger partial charge on any atom is 0.347 e. The van der Waals surface area contributed by atoms with E-state index in [-0.39, 0.29) is 5.88 Å². The Kier molecular flexibility index (Phi) is 3.17. The molecule has 7 nitrogen and oxygen atoms in total. The van der Waals surface area contributed by atoms with Crippen molar-refractivity contribution in [2.24, 2.45) is 0 Å². The van der Waals surface area contributed by atoms with Crippen molar-refractivity contribution in [3.63, 3.8) is 0 Å². The first-order valence-electron chi connectivity index (χ1n) is 5.19. The van der Waals surface area contributed by atoms with Crippen molar-refractivity contribution in [3.05, 3.63) is 12.7 Å². The molecule has 1 N–H and O–H groups in total. The summed E-state index contributed by atoms with van der Waals surface area (Å²) in [6, 6.07) is 0. The van der Waals surface area contributed by atoms with Crippen molar-refractivity contribution in [3.8, 4) is 5.88 Å². The number of aromatic nitrogens is 4. The van der Waals surface area contributed by atoms with Crippen molar-refractivity contribution in [2.45, 2.75) is 20.0 Å². The molecule has 0 fully saturated rings. The number of nitrogens with zero attached hydrogens (tertiary/aromatic N) is 3. The number of fused-ring (bicyclic) bond motifs is 1. The van der Waals surface area contributed by atoms with Gasteiger partial charge in [-0.2, -0.15) is 4.98 Å². The van der Waals surface area contributed by atoms with Gasteiger partial charge in [-0.25, -0.2) is 14.8 Å². The van der Waals surface area contributed by atoms with Gasteiger partial charge in [-0.05, 0) is 13.8 Å². The maximum absolute atomic E-state index is 11.4. The van der Waals surface area contributed by atoms with Gasteiger partial charge in [0, 0.05) is 0 Å². The van der Waals surface area contributed by atoms with Crippen LogP contribution in [0.3, 0.4) is 0 Å². The number of H-pyrrole nitrogens is 1. The fourth-order valence-electron chi connectivity index (χ4n) is 1.31. The van der Waals surface area contributed by atoms with Gasteiger partial charge in [0.15, 0.2) is 11.8 Å². The lowest BCUT2D eigenvalue weighted by Gasteiger charge is -2.12. The zero-order chi connectivity index (χ0) is 12.3. The van der Waals surface area contributed by atoms with E-state index in [1.54, 1.807) is 13.8 Å². The van der Waals surface area contributed by atoms with E-state index in [1.165, 1.54) is 12.7 Å². The van der Waals surface area contributed by atoms with Gasteiger partial charge in [0.25, 0.3) is 0 Å². The molecule has 2 rings (SSSR count). The van der Waals surface area contributed by atoms with Crippen LogP contribution in [-0.4, -0.2) is 38.6 Å². The molecule has 2 heterocycles. The Hall–Kier alpha value is -2.18. The van der Waals surface area contributed by atoms with Gasteiger partial charge in [0.2, 0.25) is 5.88 Å². The minimum Gasteiger partial charge on any atom is -0.463 e.